The summed E-state index contributed by atoms with van der Waals surface area (Å²) in [5.41, 5.74) is 7.75. The molecule has 0 atom stereocenters. The van der Waals surface area contributed by atoms with Gasteiger partial charge >= 0.3 is 0 Å². The third-order valence-corrected chi connectivity index (χ3v) is 5.47. The summed E-state index contributed by atoms with van der Waals surface area (Å²) in [7, 11) is -3.67. The van der Waals surface area contributed by atoms with E-state index in [2.05, 4.69) is 4.72 Å². The maximum absolute atomic E-state index is 12.4. The van der Waals surface area contributed by atoms with Gasteiger partial charge in [0.2, 0.25) is 0 Å². The van der Waals surface area contributed by atoms with Crippen LogP contribution in [-0.2, 0) is 16.4 Å². The van der Waals surface area contributed by atoms with Crippen molar-refractivity contribution in [3.05, 3.63) is 50.6 Å². The predicted octanol–water partition coefficient (Wildman–Crippen LogP) is 3.89. The summed E-state index contributed by atoms with van der Waals surface area (Å²) in [6, 6.07) is 9.72. The lowest BCUT2D eigenvalue weighted by Crippen LogP contribution is -2.14. The molecule has 2 rings (SSSR count). The van der Waals surface area contributed by atoms with Crippen molar-refractivity contribution in [2.24, 2.45) is 0 Å². The van der Waals surface area contributed by atoms with Gasteiger partial charge in [0.05, 0.1) is 10.6 Å². The molecule has 0 spiro atoms. The van der Waals surface area contributed by atoms with Gasteiger partial charge in [0.25, 0.3) is 10.0 Å². The second kappa shape index (κ2) is 6.41. The van der Waals surface area contributed by atoms with Crippen LogP contribution in [0, 0.1) is 3.57 Å². The molecule has 0 saturated heterocycles. The molecule has 0 saturated carbocycles. The first-order chi connectivity index (χ1) is 9.83. The summed E-state index contributed by atoms with van der Waals surface area (Å²) in [4.78, 5) is 0.142. The number of halogens is 2. The van der Waals surface area contributed by atoms with Gasteiger partial charge in [-0.25, -0.2) is 8.42 Å². The van der Waals surface area contributed by atoms with Gasteiger partial charge < -0.3 is 5.73 Å². The molecule has 0 aliphatic carbocycles. The number of nitrogens with two attached hydrogens (primary N) is 1. The van der Waals surface area contributed by atoms with Crippen LogP contribution >= 0.6 is 34.2 Å². The van der Waals surface area contributed by atoms with Crippen LogP contribution in [0.2, 0.25) is 5.02 Å². The summed E-state index contributed by atoms with van der Waals surface area (Å²) < 4.78 is 28.0. The van der Waals surface area contributed by atoms with Crippen molar-refractivity contribution < 1.29 is 8.42 Å². The third kappa shape index (κ3) is 3.81. The second-order valence-corrected chi connectivity index (χ2v) is 7.72. The van der Waals surface area contributed by atoms with E-state index in [-0.39, 0.29) is 4.90 Å². The highest BCUT2D eigenvalue weighted by Crippen LogP contribution is 2.26. The van der Waals surface area contributed by atoms with Crippen molar-refractivity contribution >= 4 is 55.6 Å². The van der Waals surface area contributed by atoms with Crippen molar-refractivity contribution in [3.8, 4) is 0 Å². The smallest absolute Gasteiger partial charge is 0.262 e. The Balaban J connectivity index is 2.36. The molecule has 0 radical (unpaired) electrons. The molecule has 3 N–H and O–H groups in total. The minimum atomic E-state index is -3.67. The van der Waals surface area contributed by atoms with Crippen LogP contribution in [0.4, 0.5) is 11.4 Å². The van der Waals surface area contributed by atoms with Crippen LogP contribution < -0.4 is 10.5 Å². The lowest BCUT2D eigenvalue weighted by atomic mass is 10.1. The molecule has 21 heavy (non-hydrogen) atoms. The first kappa shape index (κ1) is 16.4. The first-order valence-corrected chi connectivity index (χ1v) is 9.13. The predicted molar refractivity (Wildman–Crippen MR) is 95.2 cm³/mol. The lowest BCUT2D eigenvalue weighted by Gasteiger charge is -2.11. The minimum absolute atomic E-state index is 0.142. The molecule has 0 amide bonds. The Morgan fingerprint density at radius 3 is 2.52 bits per heavy atom. The number of nitrogen functional groups attached to an aromatic ring is 1. The zero-order valence-corrected chi connectivity index (χ0v) is 15.0. The Labute approximate surface area is 142 Å². The van der Waals surface area contributed by atoms with Crippen molar-refractivity contribution in [1.29, 1.82) is 0 Å². The highest BCUT2D eigenvalue weighted by Gasteiger charge is 2.16. The quantitative estimate of drug-likeness (QED) is 0.564. The fourth-order valence-corrected chi connectivity index (χ4v) is 4.14. The summed E-state index contributed by atoms with van der Waals surface area (Å²) in [5, 5.41) is 0.555. The highest BCUT2D eigenvalue weighted by atomic mass is 127. The van der Waals surface area contributed by atoms with E-state index in [0.717, 1.165) is 15.6 Å². The van der Waals surface area contributed by atoms with E-state index in [9.17, 15) is 8.42 Å². The molecule has 112 valence electrons. The molecule has 0 bridgehead atoms. The Hall–Kier alpha value is -0.990. The summed E-state index contributed by atoms with van der Waals surface area (Å²) in [6.07, 6.45) is 0.759. The van der Waals surface area contributed by atoms with Crippen LogP contribution in [0.3, 0.4) is 0 Å². The minimum Gasteiger partial charge on any atom is -0.398 e. The molecule has 0 aromatic heterocycles. The maximum Gasteiger partial charge on any atom is 0.262 e. The monoisotopic (exact) mass is 436 g/mol. The van der Waals surface area contributed by atoms with Gasteiger partial charge in [-0.15, -0.1) is 0 Å². The van der Waals surface area contributed by atoms with Gasteiger partial charge in [0.1, 0.15) is 0 Å². The molecule has 2 aromatic carbocycles. The maximum atomic E-state index is 12.4. The Kier molecular flexibility index (Phi) is 5.00. The van der Waals surface area contributed by atoms with Gasteiger partial charge in [-0.1, -0.05) is 24.6 Å². The van der Waals surface area contributed by atoms with Gasteiger partial charge in [-0.2, -0.15) is 0 Å². The lowest BCUT2D eigenvalue weighted by molar-refractivity contribution is 0.601. The number of hydrogen-bond acceptors (Lipinski definition) is 3. The van der Waals surface area contributed by atoms with Crippen LogP contribution in [-0.4, -0.2) is 8.42 Å². The van der Waals surface area contributed by atoms with Crippen LogP contribution in [0.1, 0.15) is 12.5 Å². The van der Waals surface area contributed by atoms with Gasteiger partial charge in [0.15, 0.2) is 0 Å². The average molecular weight is 437 g/mol. The molecule has 0 heterocycles. The normalized spacial score (nSPS) is 11.4. The zero-order chi connectivity index (χ0) is 15.6. The summed E-state index contributed by atoms with van der Waals surface area (Å²) in [5.74, 6) is 0. The van der Waals surface area contributed by atoms with E-state index >= 15 is 0 Å². The molecule has 2 aromatic rings. The molecular weight excluding hydrogens is 423 g/mol. The highest BCUT2D eigenvalue weighted by molar-refractivity contribution is 14.1. The number of benzene rings is 2. The first-order valence-electron chi connectivity index (χ1n) is 6.19. The van der Waals surface area contributed by atoms with Gasteiger partial charge in [-0.05, 0) is 64.9 Å². The summed E-state index contributed by atoms with van der Waals surface area (Å²) >= 11 is 7.89. The van der Waals surface area contributed by atoms with Crippen molar-refractivity contribution in [2.75, 3.05) is 10.5 Å². The molecule has 4 nitrogen and oxygen atoms in total. The molecule has 0 unspecified atom stereocenters. The Morgan fingerprint density at radius 2 is 1.95 bits per heavy atom. The topological polar surface area (TPSA) is 72.2 Å². The number of rotatable bonds is 4. The SMILES string of the molecule is CCc1ccc(S(=O)(=O)Nc2ccc(Cl)cc2I)cc1N. The molecule has 0 fully saturated rings. The number of anilines is 2. The number of aryl methyl sites for hydroxylation is 1. The second-order valence-electron chi connectivity index (χ2n) is 4.44. The van der Waals surface area contributed by atoms with Crippen LogP contribution in [0.15, 0.2) is 41.3 Å². The molecule has 0 aliphatic heterocycles. The summed E-state index contributed by atoms with van der Waals surface area (Å²) in [6.45, 7) is 1.97. The standard InChI is InChI=1S/C14H14ClIN2O2S/c1-2-9-3-5-11(8-13(9)17)21(19,20)18-14-6-4-10(15)7-12(14)16/h3-8,18H,2,17H2,1H3. The van der Waals surface area contributed by atoms with E-state index in [4.69, 9.17) is 17.3 Å². The fourth-order valence-electron chi connectivity index (χ4n) is 1.84. The van der Waals surface area contributed by atoms with Crippen molar-refractivity contribution in [3.63, 3.8) is 0 Å². The third-order valence-electron chi connectivity index (χ3n) is 2.98. The fraction of sp³-hybridized carbons (Fsp3) is 0.143. The van der Waals surface area contributed by atoms with Crippen molar-refractivity contribution in [1.82, 2.24) is 0 Å². The molecule has 7 heteroatoms. The zero-order valence-electron chi connectivity index (χ0n) is 11.2. The number of hydrogen-bond donors (Lipinski definition) is 2. The number of nitrogens with one attached hydrogen (secondary N) is 1. The molecule has 0 aliphatic rings. The van der Waals surface area contributed by atoms with Crippen LogP contribution in [0.25, 0.3) is 0 Å². The van der Waals surface area contributed by atoms with E-state index in [1.807, 2.05) is 29.5 Å². The number of sulfonamides is 1. The van der Waals surface area contributed by atoms with E-state index in [0.29, 0.717) is 16.4 Å². The van der Waals surface area contributed by atoms with E-state index in [1.165, 1.54) is 6.07 Å². The Morgan fingerprint density at radius 1 is 1.24 bits per heavy atom. The Bertz CT molecular complexity index is 779. The van der Waals surface area contributed by atoms with Crippen LogP contribution in [0.5, 0.6) is 0 Å². The molecular formula is C14H14ClIN2O2S. The average Bonchev–Trinajstić information content (AvgIpc) is 2.42. The largest absolute Gasteiger partial charge is 0.398 e. The van der Waals surface area contributed by atoms with Gasteiger partial charge in [-0.3, -0.25) is 4.72 Å². The van der Waals surface area contributed by atoms with Crippen molar-refractivity contribution in [2.45, 2.75) is 18.2 Å². The van der Waals surface area contributed by atoms with E-state index in [1.54, 1.807) is 30.3 Å². The van der Waals surface area contributed by atoms with E-state index < -0.39 is 10.0 Å². The van der Waals surface area contributed by atoms with Gasteiger partial charge in [0, 0.05) is 14.3 Å².